The molecule has 1 atom stereocenters. The van der Waals surface area contributed by atoms with Crippen LogP contribution in [-0.4, -0.2) is 18.8 Å². The molecular formula is C10H11BrO3. The van der Waals surface area contributed by atoms with Crippen molar-refractivity contribution in [3.63, 3.8) is 0 Å². The van der Waals surface area contributed by atoms with E-state index in [1.165, 1.54) is 0 Å². The summed E-state index contributed by atoms with van der Waals surface area (Å²) in [6.45, 7) is 0.555. The van der Waals surface area contributed by atoms with E-state index in [9.17, 15) is 5.11 Å². The highest BCUT2D eigenvalue weighted by Crippen LogP contribution is 2.40. The van der Waals surface area contributed by atoms with E-state index in [0.717, 1.165) is 21.5 Å². The Bertz CT molecular complexity index is 351. The zero-order valence-corrected chi connectivity index (χ0v) is 9.37. The minimum Gasteiger partial charge on any atom is -0.497 e. The van der Waals surface area contributed by atoms with Crippen LogP contribution < -0.4 is 9.47 Å². The molecule has 2 rings (SSSR count). The summed E-state index contributed by atoms with van der Waals surface area (Å²) in [5.74, 6) is 1.45. The van der Waals surface area contributed by atoms with E-state index in [-0.39, 0.29) is 0 Å². The van der Waals surface area contributed by atoms with E-state index in [4.69, 9.17) is 9.47 Å². The Hall–Kier alpha value is -0.740. The number of aliphatic hydroxyl groups excluding tert-OH is 1. The van der Waals surface area contributed by atoms with Crippen molar-refractivity contribution in [2.75, 3.05) is 13.7 Å². The molecule has 0 unspecified atom stereocenters. The maximum atomic E-state index is 9.75. The molecule has 0 spiro atoms. The SMILES string of the molecule is COc1cc(Br)c2c(c1)[C@@H](O)CCO2. The molecule has 0 bridgehead atoms. The number of benzene rings is 1. The van der Waals surface area contributed by atoms with Gasteiger partial charge < -0.3 is 14.6 Å². The minimum atomic E-state index is -0.454. The van der Waals surface area contributed by atoms with Gasteiger partial charge >= 0.3 is 0 Å². The van der Waals surface area contributed by atoms with Gasteiger partial charge in [0.15, 0.2) is 0 Å². The third-order valence-corrected chi connectivity index (χ3v) is 2.87. The molecule has 1 heterocycles. The fourth-order valence-corrected chi connectivity index (χ4v) is 2.10. The van der Waals surface area contributed by atoms with E-state index in [1.807, 2.05) is 12.1 Å². The molecule has 0 radical (unpaired) electrons. The van der Waals surface area contributed by atoms with Gasteiger partial charge in [0.05, 0.1) is 24.3 Å². The molecule has 14 heavy (non-hydrogen) atoms. The van der Waals surface area contributed by atoms with Crippen LogP contribution in [0.25, 0.3) is 0 Å². The molecule has 0 aromatic heterocycles. The van der Waals surface area contributed by atoms with Crippen molar-refractivity contribution >= 4 is 15.9 Å². The smallest absolute Gasteiger partial charge is 0.139 e. The Morgan fingerprint density at radius 3 is 3.07 bits per heavy atom. The first kappa shape index (κ1) is 9.80. The lowest BCUT2D eigenvalue weighted by atomic mass is 10.0. The summed E-state index contributed by atoms with van der Waals surface area (Å²) in [5.41, 5.74) is 0.794. The summed E-state index contributed by atoms with van der Waals surface area (Å²) in [7, 11) is 1.60. The quantitative estimate of drug-likeness (QED) is 0.840. The molecule has 1 aromatic rings. The van der Waals surface area contributed by atoms with Crippen molar-refractivity contribution in [2.45, 2.75) is 12.5 Å². The lowest BCUT2D eigenvalue weighted by Gasteiger charge is -2.23. The van der Waals surface area contributed by atoms with Crippen LogP contribution in [0.3, 0.4) is 0 Å². The lowest BCUT2D eigenvalue weighted by molar-refractivity contribution is 0.114. The van der Waals surface area contributed by atoms with Crippen LogP contribution in [-0.2, 0) is 0 Å². The number of hydrogen-bond donors (Lipinski definition) is 1. The van der Waals surface area contributed by atoms with Gasteiger partial charge in [0.1, 0.15) is 11.5 Å². The molecule has 4 heteroatoms. The first-order chi connectivity index (χ1) is 6.72. The summed E-state index contributed by atoms with van der Waals surface area (Å²) in [6.07, 6.45) is 0.178. The van der Waals surface area contributed by atoms with Crippen molar-refractivity contribution in [2.24, 2.45) is 0 Å². The van der Waals surface area contributed by atoms with E-state index in [0.29, 0.717) is 13.0 Å². The number of ether oxygens (including phenoxy) is 2. The van der Waals surface area contributed by atoms with E-state index >= 15 is 0 Å². The maximum absolute atomic E-state index is 9.75. The predicted octanol–water partition coefficient (Wildman–Crippen LogP) is 2.27. The second-order valence-corrected chi connectivity index (χ2v) is 4.03. The normalized spacial score (nSPS) is 19.8. The summed E-state index contributed by atoms with van der Waals surface area (Å²) < 4.78 is 11.4. The van der Waals surface area contributed by atoms with Crippen LogP contribution in [0.4, 0.5) is 0 Å². The van der Waals surface area contributed by atoms with Gasteiger partial charge in [-0.2, -0.15) is 0 Å². The standard InChI is InChI=1S/C10H11BrO3/c1-13-6-4-7-9(12)2-3-14-10(7)8(11)5-6/h4-5,9,12H,2-3H2,1H3/t9-/m0/s1. The minimum absolute atomic E-state index is 0.454. The van der Waals surface area contributed by atoms with E-state index in [2.05, 4.69) is 15.9 Å². The predicted molar refractivity (Wildman–Crippen MR) is 55.8 cm³/mol. The fraction of sp³-hybridized carbons (Fsp3) is 0.400. The molecule has 0 saturated carbocycles. The first-order valence-electron chi connectivity index (χ1n) is 4.40. The highest BCUT2D eigenvalue weighted by Gasteiger charge is 2.22. The van der Waals surface area contributed by atoms with Gasteiger partial charge in [0.25, 0.3) is 0 Å². The Labute approximate surface area is 90.8 Å². The van der Waals surface area contributed by atoms with Crippen LogP contribution in [0.1, 0.15) is 18.1 Å². The summed E-state index contributed by atoms with van der Waals surface area (Å²) >= 11 is 3.39. The molecule has 1 aliphatic heterocycles. The Morgan fingerprint density at radius 2 is 2.36 bits per heavy atom. The monoisotopic (exact) mass is 258 g/mol. The molecule has 1 aliphatic rings. The fourth-order valence-electron chi connectivity index (χ4n) is 1.53. The van der Waals surface area contributed by atoms with Crippen molar-refractivity contribution in [3.05, 3.63) is 22.2 Å². The molecule has 3 nitrogen and oxygen atoms in total. The Morgan fingerprint density at radius 1 is 1.57 bits per heavy atom. The highest BCUT2D eigenvalue weighted by atomic mass is 79.9. The summed E-state index contributed by atoms with van der Waals surface area (Å²) in [6, 6.07) is 3.64. The zero-order chi connectivity index (χ0) is 10.1. The van der Waals surface area contributed by atoms with Crippen LogP contribution in [0.2, 0.25) is 0 Å². The third kappa shape index (κ3) is 1.60. The van der Waals surface area contributed by atoms with Crippen molar-refractivity contribution in [1.29, 1.82) is 0 Å². The van der Waals surface area contributed by atoms with Crippen molar-refractivity contribution < 1.29 is 14.6 Å². The summed E-state index contributed by atoms with van der Waals surface area (Å²) in [5, 5.41) is 9.75. The second-order valence-electron chi connectivity index (χ2n) is 3.18. The van der Waals surface area contributed by atoms with Gasteiger partial charge in [-0.05, 0) is 28.1 Å². The average molecular weight is 259 g/mol. The molecule has 0 aliphatic carbocycles. The van der Waals surface area contributed by atoms with Gasteiger partial charge in [0, 0.05) is 12.0 Å². The maximum Gasteiger partial charge on any atom is 0.139 e. The Kier molecular flexibility index (Phi) is 2.65. The number of hydrogen-bond acceptors (Lipinski definition) is 3. The molecule has 1 N–H and O–H groups in total. The lowest BCUT2D eigenvalue weighted by Crippen LogP contribution is -2.14. The zero-order valence-electron chi connectivity index (χ0n) is 7.79. The van der Waals surface area contributed by atoms with Gasteiger partial charge in [-0.25, -0.2) is 0 Å². The molecule has 0 amide bonds. The highest BCUT2D eigenvalue weighted by molar-refractivity contribution is 9.10. The van der Waals surface area contributed by atoms with Crippen LogP contribution in [0, 0.1) is 0 Å². The Balaban J connectivity index is 2.51. The molecule has 76 valence electrons. The van der Waals surface area contributed by atoms with Gasteiger partial charge in [-0.3, -0.25) is 0 Å². The third-order valence-electron chi connectivity index (χ3n) is 2.28. The number of fused-ring (bicyclic) bond motifs is 1. The first-order valence-corrected chi connectivity index (χ1v) is 5.20. The van der Waals surface area contributed by atoms with Gasteiger partial charge in [0.2, 0.25) is 0 Å². The number of rotatable bonds is 1. The van der Waals surface area contributed by atoms with Crippen molar-refractivity contribution in [3.8, 4) is 11.5 Å². The topological polar surface area (TPSA) is 38.7 Å². The molecule has 0 saturated heterocycles. The molecular weight excluding hydrogens is 248 g/mol. The summed E-state index contributed by atoms with van der Waals surface area (Å²) in [4.78, 5) is 0. The number of methoxy groups -OCH3 is 1. The van der Waals surface area contributed by atoms with E-state index in [1.54, 1.807) is 7.11 Å². The van der Waals surface area contributed by atoms with Gasteiger partial charge in [-0.1, -0.05) is 0 Å². The number of aliphatic hydroxyl groups is 1. The largest absolute Gasteiger partial charge is 0.497 e. The van der Waals surface area contributed by atoms with Crippen LogP contribution in [0.5, 0.6) is 11.5 Å². The second kappa shape index (κ2) is 3.79. The van der Waals surface area contributed by atoms with Crippen LogP contribution >= 0.6 is 15.9 Å². The number of halogens is 1. The van der Waals surface area contributed by atoms with Crippen molar-refractivity contribution in [1.82, 2.24) is 0 Å². The van der Waals surface area contributed by atoms with Gasteiger partial charge in [-0.15, -0.1) is 0 Å². The van der Waals surface area contributed by atoms with E-state index < -0.39 is 6.10 Å². The molecule has 0 fully saturated rings. The molecule has 1 aromatic carbocycles. The average Bonchev–Trinajstić information content (AvgIpc) is 2.19. The van der Waals surface area contributed by atoms with Crippen LogP contribution in [0.15, 0.2) is 16.6 Å².